The molecule has 242 valence electrons. The number of hydrogen-bond donors (Lipinski definition) is 1. The van der Waals surface area contributed by atoms with Crippen molar-refractivity contribution in [3.8, 4) is 0 Å². The molecule has 1 atom stereocenters. The van der Waals surface area contributed by atoms with Gasteiger partial charge in [-0.2, -0.15) is 0 Å². The highest BCUT2D eigenvalue weighted by Crippen LogP contribution is 2.46. The molecule has 1 unspecified atom stereocenters. The Hall–Kier alpha value is -0.530. The molecule has 0 heterocycles. The summed E-state index contributed by atoms with van der Waals surface area (Å²) in [5.74, 6) is 0.0822. The van der Waals surface area contributed by atoms with Gasteiger partial charge in [0.05, 0.1) is 0 Å². The molecule has 0 saturated heterocycles. The molecule has 2 saturated carbocycles. The second-order valence-corrected chi connectivity index (χ2v) is 14.8. The number of rotatable bonds is 1. The summed E-state index contributed by atoms with van der Waals surface area (Å²) in [4.78, 5) is 12.1. The van der Waals surface area contributed by atoms with Gasteiger partial charge < -0.3 is 5.73 Å². The Morgan fingerprint density at radius 2 is 0.537 bits per heavy atom. The first-order valence-electron chi connectivity index (χ1n) is 19.5. The SMILES string of the molecule is NC(=O)C1CCCCCCCCCCCCCCCCCCCCCCCCCCCC2(CCCCC1)CCCC2. The molecule has 41 heavy (non-hydrogen) atoms. The number of amides is 1. The lowest BCUT2D eigenvalue weighted by Crippen LogP contribution is -2.23. The van der Waals surface area contributed by atoms with Crippen LogP contribution in [0.4, 0.5) is 0 Å². The molecule has 2 rings (SSSR count). The number of primary amides is 1. The summed E-state index contributed by atoms with van der Waals surface area (Å²) in [7, 11) is 0. The van der Waals surface area contributed by atoms with Crippen molar-refractivity contribution < 1.29 is 4.79 Å². The van der Waals surface area contributed by atoms with Gasteiger partial charge in [-0.1, -0.05) is 193 Å². The molecule has 1 spiro atoms. The van der Waals surface area contributed by atoms with E-state index < -0.39 is 0 Å². The molecule has 2 heteroatoms. The van der Waals surface area contributed by atoms with Crippen molar-refractivity contribution in [2.75, 3.05) is 0 Å². The summed E-state index contributed by atoms with van der Waals surface area (Å²) in [6.07, 6.45) is 50.6. The minimum atomic E-state index is -0.0412. The molecule has 0 radical (unpaired) electrons. The van der Waals surface area contributed by atoms with Crippen molar-refractivity contribution in [1.29, 1.82) is 0 Å². The fourth-order valence-corrected chi connectivity index (χ4v) is 8.20. The van der Waals surface area contributed by atoms with Crippen LogP contribution in [-0.2, 0) is 4.79 Å². The van der Waals surface area contributed by atoms with Gasteiger partial charge in [-0.05, 0) is 43.9 Å². The minimum Gasteiger partial charge on any atom is -0.369 e. The second kappa shape index (κ2) is 25.9. The summed E-state index contributed by atoms with van der Waals surface area (Å²) in [5, 5.41) is 0. The molecular weight excluding hydrogens is 498 g/mol. The highest BCUT2D eigenvalue weighted by Gasteiger charge is 2.32. The Bertz CT molecular complexity index is 580. The molecule has 1 amide bonds. The fraction of sp³-hybridized carbons (Fsp3) is 0.974. The van der Waals surface area contributed by atoms with E-state index in [9.17, 15) is 4.79 Å². The average molecular weight is 574 g/mol. The third-order valence-corrected chi connectivity index (χ3v) is 11.1. The Kier molecular flexibility index (Phi) is 23.2. The highest BCUT2D eigenvalue weighted by atomic mass is 16.1. The van der Waals surface area contributed by atoms with Crippen LogP contribution in [0.2, 0.25) is 0 Å². The molecule has 0 aromatic heterocycles. The van der Waals surface area contributed by atoms with Gasteiger partial charge >= 0.3 is 0 Å². The normalized spacial score (nSPS) is 26.6. The monoisotopic (exact) mass is 574 g/mol. The van der Waals surface area contributed by atoms with E-state index >= 15 is 0 Å². The van der Waals surface area contributed by atoms with Gasteiger partial charge in [0, 0.05) is 5.92 Å². The second-order valence-electron chi connectivity index (χ2n) is 14.8. The lowest BCUT2D eigenvalue weighted by atomic mass is 9.76. The van der Waals surface area contributed by atoms with E-state index in [2.05, 4.69) is 0 Å². The smallest absolute Gasteiger partial charge is 0.220 e. The number of nitrogens with two attached hydrogens (primary N) is 1. The van der Waals surface area contributed by atoms with E-state index in [4.69, 9.17) is 5.73 Å². The summed E-state index contributed by atoms with van der Waals surface area (Å²) in [6.45, 7) is 0. The average Bonchev–Trinajstić information content (AvgIpc) is 3.43. The van der Waals surface area contributed by atoms with Gasteiger partial charge in [-0.25, -0.2) is 0 Å². The molecule has 2 N–H and O–H groups in total. The highest BCUT2D eigenvalue weighted by molar-refractivity contribution is 5.76. The Balaban J connectivity index is 1.65. The van der Waals surface area contributed by atoms with Gasteiger partial charge in [0.1, 0.15) is 0 Å². The largest absolute Gasteiger partial charge is 0.369 e. The van der Waals surface area contributed by atoms with Gasteiger partial charge in [0.25, 0.3) is 0 Å². The summed E-state index contributed by atoms with van der Waals surface area (Å²) >= 11 is 0. The van der Waals surface area contributed by atoms with Crippen molar-refractivity contribution in [2.45, 2.75) is 231 Å². The standard InChI is InChI=1S/C39H75NO/c40-38(41)37-31-25-22-20-18-16-14-12-10-8-6-4-2-1-3-5-7-9-11-13-15-17-19-21-23-27-33-39(35-29-30-36-39)34-28-24-26-32-37/h37H,1-36H2,(H2,40,41). The Morgan fingerprint density at radius 3 is 0.805 bits per heavy atom. The van der Waals surface area contributed by atoms with E-state index in [-0.39, 0.29) is 11.8 Å². The maximum absolute atomic E-state index is 12.1. The van der Waals surface area contributed by atoms with Gasteiger partial charge in [-0.15, -0.1) is 0 Å². The number of carbonyl (C=O) groups excluding carboxylic acids is 1. The van der Waals surface area contributed by atoms with E-state index in [1.54, 1.807) is 0 Å². The summed E-state index contributed by atoms with van der Waals surface area (Å²) in [6, 6.07) is 0. The quantitative estimate of drug-likeness (QED) is 0.333. The van der Waals surface area contributed by atoms with E-state index in [1.165, 1.54) is 218 Å². The van der Waals surface area contributed by atoms with Crippen LogP contribution in [0, 0.1) is 11.3 Å². The minimum absolute atomic E-state index is 0.0412. The molecule has 2 fully saturated rings. The van der Waals surface area contributed by atoms with Crippen molar-refractivity contribution in [3.63, 3.8) is 0 Å². The first-order chi connectivity index (χ1) is 20.2. The maximum Gasteiger partial charge on any atom is 0.220 e. The molecule has 2 nitrogen and oxygen atoms in total. The van der Waals surface area contributed by atoms with Crippen LogP contribution >= 0.6 is 0 Å². The van der Waals surface area contributed by atoms with Crippen molar-refractivity contribution in [2.24, 2.45) is 17.1 Å². The molecule has 0 bridgehead atoms. The zero-order valence-corrected chi connectivity index (χ0v) is 28.0. The molecular formula is C39H75NO. The molecule has 0 aromatic rings. The predicted molar refractivity (Wildman–Crippen MR) is 181 cm³/mol. The van der Waals surface area contributed by atoms with Crippen LogP contribution in [0.3, 0.4) is 0 Å². The summed E-state index contributed by atoms with van der Waals surface area (Å²) < 4.78 is 0. The van der Waals surface area contributed by atoms with E-state index in [1.807, 2.05) is 0 Å². The van der Waals surface area contributed by atoms with Crippen LogP contribution in [0.15, 0.2) is 0 Å². The number of carbonyl (C=O) groups is 1. The first-order valence-corrected chi connectivity index (χ1v) is 19.5. The van der Waals surface area contributed by atoms with Crippen molar-refractivity contribution in [1.82, 2.24) is 0 Å². The van der Waals surface area contributed by atoms with Gasteiger partial charge in [-0.3, -0.25) is 4.79 Å². The number of hydrogen-bond acceptors (Lipinski definition) is 1. The first kappa shape index (κ1) is 36.7. The van der Waals surface area contributed by atoms with Gasteiger partial charge in [0.15, 0.2) is 0 Å². The maximum atomic E-state index is 12.1. The summed E-state index contributed by atoms with van der Waals surface area (Å²) in [5.41, 5.74) is 6.48. The predicted octanol–water partition coefficient (Wildman–Crippen LogP) is 13.1. The zero-order chi connectivity index (χ0) is 29.1. The van der Waals surface area contributed by atoms with E-state index in [0.29, 0.717) is 5.41 Å². The molecule has 0 aliphatic heterocycles. The Morgan fingerprint density at radius 1 is 0.341 bits per heavy atom. The van der Waals surface area contributed by atoms with Crippen molar-refractivity contribution in [3.05, 3.63) is 0 Å². The molecule has 2 aliphatic rings. The zero-order valence-electron chi connectivity index (χ0n) is 28.0. The fourth-order valence-electron chi connectivity index (χ4n) is 8.20. The lowest BCUT2D eigenvalue weighted by molar-refractivity contribution is -0.122. The molecule has 2 aliphatic carbocycles. The van der Waals surface area contributed by atoms with Crippen LogP contribution in [-0.4, -0.2) is 5.91 Å². The third-order valence-electron chi connectivity index (χ3n) is 11.1. The van der Waals surface area contributed by atoms with Crippen LogP contribution < -0.4 is 5.73 Å². The van der Waals surface area contributed by atoms with Crippen molar-refractivity contribution >= 4 is 5.91 Å². The van der Waals surface area contributed by atoms with Gasteiger partial charge in [0.2, 0.25) is 5.91 Å². The van der Waals surface area contributed by atoms with Crippen LogP contribution in [0.1, 0.15) is 231 Å². The Labute approximate surface area is 258 Å². The van der Waals surface area contributed by atoms with E-state index in [0.717, 1.165) is 12.8 Å². The lowest BCUT2D eigenvalue weighted by Gasteiger charge is -2.29. The third kappa shape index (κ3) is 20.1. The van der Waals surface area contributed by atoms with Crippen LogP contribution in [0.5, 0.6) is 0 Å². The topological polar surface area (TPSA) is 43.1 Å². The molecule has 0 aromatic carbocycles. The van der Waals surface area contributed by atoms with Crippen LogP contribution in [0.25, 0.3) is 0 Å².